The molecule has 2 rings (SSSR count). The Morgan fingerprint density at radius 3 is 2.67 bits per heavy atom. The number of rotatable bonds is 4. The van der Waals surface area contributed by atoms with Crippen LogP contribution in [0.15, 0.2) is 29.2 Å². The van der Waals surface area contributed by atoms with E-state index in [1.807, 2.05) is 24.3 Å². The highest BCUT2D eigenvalue weighted by Gasteiger charge is 2.22. The average molecular weight is 265 g/mol. The highest BCUT2D eigenvalue weighted by molar-refractivity contribution is 7.80. The predicted octanol–water partition coefficient (Wildman–Crippen LogP) is 1.79. The van der Waals surface area contributed by atoms with Gasteiger partial charge in [-0.15, -0.1) is 12.6 Å². The summed E-state index contributed by atoms with van der Waals surface area (Å²) in [5.74, 6) is 0.479. The van der Waals surface area contributed by atoms with Gasteiger partial charge in [0.1, 0.15) is 0 Å². The Labute approximate surface area is 113 Å². The summed E-state index contributed by atoms with van der Waals surface area (Å²) in [5.41, 5.74) is 0.997. The van der Waals surface area contributed by atoms with E-state index in [1.54, 1.807) is 0 Å². The van der Waals surface area contributed by atoms with Gasteiger partial charge in [0.25, 0.3) is 0 Å². The van der Waals surface area contributed by atoms with Crippen molar-refractivity contribution < 1.29 is 9.90 Å². The van der Waals surface area contributed by atoms with E-state index in [-0.39, 0.29) is 12.0 Å². The largest absolute Gasteiger partial charge is 0.393 e. The number of thiol groups is 1. The average Bonchev–Trinajstić information content (AvgIpc) is 2.76. The van der Waals surface area contributed by atoms with Crippen molar-refractivity contribution in [3.63, 3.8) is 0 Å². The van der Waals surface area contributed by atoms with Gasteiger partial charge in [-0.1, -0.05) is 12.1 Å². The van der Waals surface area contributed by atoms with Gasteiger partial charge in [-0.2, -0.15) is 0 Å². The van der Waals surface area contributed by atoms with Crippen molar-refractivity contribution in [3.05, 3.63) is 29.8 Å². The lowest BCUT2D eigenvalue weighted by molar-refractivity contribution is -0.120. The van der Waals surface area contributed by atoms with Crippen molar-refractivity contribution in [2.75, 3.05) is 6.54 Å². The molecular formula is C14H19NO2S. The van der Waals surface area contributed by atoms with Crippen LogP contribution in [-0.4, -0.2) is 23.7 Å². The maximum Gasteiger partial charge on any atom is 0.224 e. The fourth-order valence-electron chi connectivity index (χ4n) is 2.35. The summed E-state index contributed by atoms with van der Waals surface area (Å²) in [7, 11) is 0. The molecule has 98 valence electrons. The standard InChI is InChI=1S/C14H19NO2S/c16-12-4-1-11(7-12)9-15-14(17)8-10-2-5-13(18)6-3-10/h2-3,5-6,11-12,16,18H,1,4,7-9H2,(H,15,17). The van der Waals surface area contributed by atoms with Gasteiger partial charge >= 0.3 is 0 Å². The van der Waals surface area contributed by atoms with Crippen molar-refractivity contribution in [3.8, 4) is 0 Å². The molecule has 4 heteroatoms. The number of aliphatic hydroxyl groups is 1. The van der Waals surface area contributed by atoms with Gasteiger partial charge in [-0.05, 0) is 42.9 Å². The lowest BCUT2D eigenvalue weighted by Crippen LogP contribution is -2.29. The summed E-state index contributed by atoms with van der Waals surface area (Å²) in [6.45, 7) is 0.681. The predicted molar refractivity (Wildman–Crippen MR) is 73.8 cm³/mol. The fraction of sp³-hybridized carbons (Fsp3) is 0.500. The summed E-state index contributed by atoms with van der Waals surface area (Å²) in [4.78, 5) is 12.6. The van der Waals surface area contributed by atoms with Gasteiger partial charge in [-0.3, -0.25) is 4.79 Å². The van der Waals surface area contributed by atoms with Crippen LogP contribution in [0.1, 0.15) is 24.8 Å². The van der Waals surface area contributed by atoms with E-state index in [2.05, 4.69) is 17.9 Å². The molecule has 0 heterocycles. The highest BCUT2D eigenvalue weighted by Crippen LogP contribution is 2.24. The SMILES string of the molecule is O=C(Cc1ccc(S)cc1)NCC1CCC(O)C1. The third-order valence-electron chi connectivity index (χ3n) is 3.40. The number of carbonyl (C=O) groups is 1. The second-order valence-corrected chi connectivity index (χ2v) is 5.50. The molecule has 1 saturated carbocycles. The Balaban J connectivity index is 1.73. The molecule has 3 nitrogen and oxygen atoms in total. The van der Waals surface area contributed by atoms with Gasteiger partial charge in [0, 0.05) is 11.4 Å². The molecule has 0 aromatic heterocycles. The molecule has 0 aliphatic heterocycles. The molecule has 0 saturated heterocycles. The summed E-state index contributed by atoms with van der Waals surface area (Å²) in [5, 5.41) is 12.3. The molecule has 1 aromatic rings. The van der Waals surface area contributed by atoms with Crippen LogP contribution in [0, 0.1) is 5.92 Å². The zero-order chi connectivity index (χ0) is 13.0. The quantitative estimate of drug-likeness (QED) is 0.727. The zero-order valence-corrected chi connectivity index (χ0v) is 11.2. The van der Waals surface area contributed by atoms with Crippen LogP contribution in [0.2, 0.25) is 0 Å². The van der Waals surface area contributed by atoms with Crippen LogP contribution in [-0.2, 0) is 11.2 Å². The summed E-state index contributed by atoms with van der Waals surface area (Å²) in [6.07, 6.45) is 2.92. The minimum atomic E-state index is -0.171. The highest BCUT2D eigenvalue weighted by atomic mass is 32.1. The van der Waals surface area contributed by atoms with Gasteiger partial charge in [0.15, 0.2) is 0 Å². The van der Waals surface area contributed by atoms with E-state index in [0.29, 0.717) is 18.9 Å². The van der Waals surface area contributed by atoms with Gasteiger partial charge in [0.05, 0.1) is 12.5 Å². The number of amides is 1. The van der Waals surface area contributed by atoms with Gasteiger partial charge < -0.3 is 10.4 Å². The van der Waals surface area contributed by atoms with E-state index < -0.39 is 0 Å². The summed E-state index contributed by atoms with van der Waals surface area (Å²) < 4.78 is 0. The number of benzene rings is 1. The molecule has 18 heavy (non-hydrogen) atoms. The number of aliphatic hydroxyl groups excluding tert-OH is 1. The molecule has 1 aliphatic carbocycles. The molecule has 2 atom stereocenters. The topological polar surface area (TPSA) is 49.3 Å². The van der Waals surface area contributed by atoms with Crippen LogP contribution in [0.4, 0.5) is 0 Å². The van der Waals surface area contributed by atoms with E-state index in [1.165, 1.54) is 0 Å². The summed E-state index contributed by atoms with van der Waals surface area (Å²) in [6, 6.07) is 7.61. The molecule has 1 aromatic carbocycles. The number of carbonyl (C=O) groups excluding carboxylic acids is 1. The number of hydrogen-bond acceptors (Lipinski definition) is 3. The molecule has 2 unspecified atom stereocenters. The fourth-order valence-corrected chi connectivity index (χ4v) is 2.50. The maximum atomic E-state index is 11.7. The van der Waals surface area contributed by atoms with Crippen molar-refractivity contribution in [2.24, 2.45) is 5.92 Å². The van der Waals surface area contributed by atoms with Crippen molar-refractivity contribution in [1.82, 2.24) is 5.32 Å². The summed E-state index contributed by atoms with van der Waals surface area (Å²) >= 11 is 4.21. The lowest BCUT2D eigenvalue weighted by atomic mass is 10.1. The van der Waals surface area contributed by atoms with E-state index in [0.717, 1.165) is 29.7 Å². The Hall–Kier alpha value is -1.00. The second-order valence-electron chi connectivity index (χ2n) is 4.98. The molecule has 0 radical (unpaired) electrons. The smallest absolute Gasteiger partial charge is 0.224 e. The molecule has 1 amide bonds. The van der Waals surface area contributed by atoms with Crippen LogP contribution < -0.4 is 5.32 Å². The lowest BCUT2D eigenvalue weighted by Gasteiger charge is -2.10. The monoisotopic (exact) mass is 265 g/mol. The first-order valence-electron chi connectivity index (χ1n) is 6.36. The first kappa shape index (κ1) is 13.4. The first-order valence-corrected chi connectivity index (χ1v) is 6.81. The van der Waals surface area contributed by atoms with Gasteiger partial charge in [-0.25, -0.2) is 0 Å². The van der Waals surface area contributed by atoms with E-state index in [9.17, 15) is 9.90 Å². The van der Waals surface area contributed by atoms with Gasteiger partial charge in [0.2, 0.25) is 5.91 Å². The van der Waals surface area contributed by atoms with Crippen LogP contribution in [0.3, 0.4) is 0 Å². The Morgan fingerprint density at radius 2 is 2.06 bits per heavy atom. The van der Waals surface area contributed by atoms with Crippen molar-refractivity contribution in [1.29, 1.82) is 0 Å². The number of hydrogen-bond donors (Lipinski definition) is 3. The molecular weight excluding hydrogens is 246 g/mol. The maximum absolute atomic E-state index is 11.7. The number of nitrogens with one attached hydrogen (secondary N) is 1. The first-order chi connectivity index (χ1) is 8.63. The van der Waals surface area contributed by atoms with Crippen LogP contribution in [0.25, 0.3) is 0 Å². The van der Waals surface area contributed by atoms with Crippen molar-refractivity contribution in [2.45, 2.75) is 36.7 Å². The minimum Gasteiger partial charge on any atom is -0.393 e. The molecule has 1 aliphatic rings. The normalized spacial score (nSPS) is 23.0. The van der Waals surface area contributed by atoms with Crippen LogP contribution >= 0.6 is 12.6 Å². The van der Waals surface area contributed by atoms with Crippen LogP contribution in [0.5, 0.6) is 0 Å². The Kier molecular flexibility index (Phi) is 4.66. The molecule has 0 spiro atoms. The Bertz CT molecular complexity index is 405. The van der Waals surface area contributed by atoms with Crippen molar-refractivity contribution >= 4 is 18.5 Å². The third-order valence-corrected chi connectivity index (χ3v) is 3.70. The zero-order valence-electron chi connectivity index (χ0n) is 10.3. The van der Waals surface area contributed by atoms with E-state index >= 15 is 0 Å². The minimum absolute atomic E-state index is 0.0447. The second kappa shape index (κ2) is 6.25. The van der Waals surface area contributed by atoms with E-state index in [4.69, 9.17) is 0 Å². The molecule has 2 N–H and O–H groups in total. The molecule has 0 bridgehead atoms. The molecule has 1 fully saturated rings. The Morgan fingerprint density at radius 1 is 1.33 bits per heavy atom. The third kappa shape index (κ3) is 4.03.